The molecule has 1 aromatic carbocycles. The monoisotopic (exact) mass is 391 g/mol. The lowest BCUT2D eigenvalue weighted by atomic mass is 10.2. The second kappa shape index (κ2) is 8.20. The Hall–Kier alpha value is -2.58. The minimum Gasteiger partial charge on any atom is -0.336 e. The van der Waals surface area contributed by atoms with Crippen LogP contribution in [-0.2, 0) is 20.1 Å². The fourth-order valence-electron chi connectivity index (χ4n) is 2.38. The van der Waals surface area contributed by atoms with Gasteiger partial charge in [-0.1, -0.05) is 29.8 Å². The molecule has 2 heterocycles. The molecule has 0 bridgehead atoms. The molecular formula is C17H18ClN5O2S. The van der Waals surface area contributed by atoms with Crippen LogP contribution in [0.25, 0.3) is 10.7 Å². The van der Waals surface area contributed by atoms with Crippen molar-refractivity contribution in [3.05, 3.63) is 62.8 Å². The minimum absolute atomic E-state index is 0.211. The molecule has 0 unspecified atom stereocenters. The molecule has 9 heteroatoms. The van der Waals surface area contributed by atoms with Gasteiger partial charge >= 0.3 is 11.7 Å². The van der Waals surface area contributed by atoms with Crippen LogP contribution in [-0.4, -0.2) is 26.9 Å². The van der Waals surface area contributed by atoms with Gasteiger partial charge in [-0.3, -0.25) is 4.57 Å². The van der Waals surface area contributed by atoms with Gasteiger partial charge in [-0.25, -0.2) is 14.3 Å². The normalized spacial score (nSPS) is 10.7. The summed E-state index contributed by atoms with van der Waals surface area (Å²) in [6.45, 7) is 0.995. The van der Waals surface area contributed by atoms with Crippen LogP contribution < -0.4 is 16.3 Å². The van der Waals surface area contributed by atoms with Crippen LogP contribution in [0.1, 0.15) is 5.56 Å². The molecule has 0 spiro atoms. The van der Waals surface area contributed by atoms with E-state index < -0.39 is 0 Å². The number of nitrogens with zero attached hydrogens (tertiary/aromatic N) is 3. The van der Waals surface area contributed by atoms with E-state index in [1.54, 1.807) is 19.2 Å². The van der Waals surface area contributed by atoms with Gasteiger partial charge in [0.1, 0.15) is 0 Å². The predicted octanol–water partition coefficient (Wildman–Crippen LogP) is 2.46. The molecule has 2 aromatic heterocycles. The maximum Gasteiger partial charge on any atom is 0.346 e. The summed E-state index contributed by atoms with van der Waals surface area (Å²) >= 11 is 7.35. The van der Waals surface area contributed by atoms with Gasteiger partial charge in [-0.15, -0.1) is 16.4 Å². The average Bonchev–Trinajstić information content (AvgIpc) is 3.25. The van der Waals surface area contributed by atoms with E-state index in [9.17, 15) is 9.59 Å². The molecule has 26 heavy (non-hydrogen) atoms. The van der Waals surface area contributed by atoms with Gasteiger partial charge in [-0.2, -0.15) is 0 Å². The Labute approximate surface area is 159 Å². The summed E-state index contributed by atoms with van der Waals surface area (Å²) in [7, 11) is 1.69. The molecule has 3 aromatic rings. The van der Waals surface area contributed by atoms with Crippen molar-refractivity contribution in [2.75, 3.05) is 6.54 Å². The molecule has 0 saturated heterocycles. The summed E-state index contributed by atoms with van der Waals surface area (Å²) in [4.78, 5) is 25.0. The number of carbonyl (C=O) groups excluding carboxylic acids is 1. The molecule has 0 aliphatic carbocycles. The summed E-state index contributed by atoms with van der Waals surface area (Å²) < 4.78 is 2.86. The highest BCUT2D eigenvalue weighted by molar-refractivity contribution is 7.13. The van der Waals surface area contributed by atoms with Crippen LogP contribution in [0.4, 0.5) is 4.79 Å². The van der Waals surface area contributed by atoms with Gasteiger partial charge < -0.3 is 10.6 Å². The quantitative estimate of drug-likeness (QED) is 0.677. The number of aromatic nitrogens is 3. The number of benzene rings is 1. The lowest BCUT2D eigenvalue weighted by Crippen LogP contribution is -2.38. The maximum absolute atomic E-state index is 12.2. The molecule has 136 valence electrons. The third-order valence-electron chi connectivity index (χ3n) is 3.76. The number of amides is 2. The highest BCUT2D eigenvalue weighted by atomic mass is 35.5. The van der Waals surface area contributed by atoms with E-state index in [1.165, 1.54) is 20.6 Å². The van der Waals surface area contributed by atoms with Crippen LogP contribution in [0, 0.1) is 0 Å². The largest absolute Gasteiger partial charge is 0.346 e. The zero-order valence-corrected chi connectivity index (χ0v) is 15.7. The van der Waals surface area contributed by atoms with E-state index in [2.05, 4.69) is 15.7 Å². The van der Waals surface area contributed by atoms with Crippen molar-refractivity contribution < 1.29 is 4.79 Å². The second-order valence-electron chi connectivity index (χ2n) is 5.60. The standard InChI is InChI=1S/C17H18ClN5O2S/c1-22-15(14-3-2-10-26-14)21-23(17(22)25)9-8-19-16(24)20-11-12-4-6-13(18)7-5-12/h2-7,10H,8-9,11H2,1H3,(H2,19,20,24). The molecule has 3 rings (SSSR count). The van der Waals surface area contributed by atoms with Crippen molar-refractivity contribution in [2.24, 2.45) is 7.05 Å². The Kier molecular flexibility index (Phi) is 5.75. The van der Waals surface area contributed by atoms with Crippen LogP contribution in [0.5, 0.6) is 0 Å². The molecule has 7 nitrogen and oxygen atoms in total. The Morgan fingerprint density at radius 2 is 2.00 bits per heavy atom. The summed E-state index contributed by atoms with van der Waals surface area (Å²) in [6.07, 6.45) is 0. The van der Waals surface area contributed by atoms with Crippen LogP contribution in [0.2, 0.25) is 5.02 Å². The van der Waals surface area contributed by atoms with Crippen molar-refractivity contribution in [1.82, 2.24) is 25.0 Å². The highest BCUT2D eigenvalue weighted by Crippen LogP contribution is 2.20. The number of thiophene rings is 1. The first kappa shape index (κ1) is 18.2. The molecule has 0 aliphatic heterocycles. The number of hydrogen-bond acceptors (Lipinski definition) is 4. The van der Waals surface area contributed by atoms with Crippen molar-refractivity contribution in [3.8, 4) is 10.7 Å². The third-order valence-corrected chi connectivity index (χ3v) is 4.88. The lowest BCUT2D eigenvalue weighted by molar-refractivity contribution is 0.240. The Morgan fingerprint density at radius 3 is 2.69 bits per heavy atom. The second-order valence-corrected chi connectivity index (χ2v) is 6.99. The summed E-state index contributed by atoms with van der Waals surface area (Å²) in [6, 6.07) is 10.8. The molecule has 2 amide bonds. The van der Waals surface area contributed by atoms with Gasteiger partial charge in [0.2, 0.25) is 0 Å². The van der Waals surface area contributed by atoms with Gasteiger partial charge in [0, 0.05) is 25.2 Å². The Bertz CT molecular complexity index is 931. The first-order valence-corrected chi connectivity index (χ1v) is 9.24. The highest BCUT2D eigenvalue weighted by Gasteiger charge is 2.12. The lowest BCUT2D eigenvalue weighted by Gasteiger charge is -2.07. The number of halogens is 1. The molecule has 0 aliphatic rings. The molecular weight excluding hydrogens is 374 g/mol. The van der Waals surface area contributed by atoms with Crippen LogP contribution in [0.3, 0.4) is 0 Å². The third kappa shape index (κ3) is 4.33. The smallest absolute Gasteiger partial charge is 0.336 e. The van der Waals surface area contributed by atoms with E-state index in [-0.39, 0.29) is 11.7 Å². The molecule has 0 saturated carbocycles. The fourth-order valence-corrected chi connectivity index (χ4v) is 3.25. The number of urea groups is 1. The van der Waals surface area contributed by atoms with Gasteiger partial charge in [0.25, 0.3) is 0 Å². The topological polar surface area (TPSA) is 81.0 Å². The first-order valence-electron chi connectivity index (χ1n) is 7.98. The van der Waals surface area contributed by atoms with E-state index in [0.717, 1.165) is 10.4 Å². The van der Waals surface area contributed by atoms with E-state index in [0.29, 0.717) is 30.5 Å². The summed E-state index contributed by atoms with van der Waals surface area (Å²) in [5.74, 6) is 0.622. The van der Waals surface area contributed by atoms with E-state index in [1.807, 2.05) is 29.6 Å². The molecule has 0 radical (unpaired) electrons. The first-order chi connectivity index (χ1) is 12.5. The molecule has 0 fully saturated rings. The zero-order valence-electron chi connectivity index (χ0n) is 14.1. The number of hydrogen-bond donors (Lipinski definition) is 2. The van der Waals surface area contributed by atoms with Crippen LogP contribution in [0.15, 0.2) is 46.6 Å². The van der Waals surface area contributed by atoms with Crippen LogP contribution >= 0.6 is 22.9 Å². The fraction of sp³-hybridized carbons (Fsp3) is 0.235. The predicted molar refractivity (Wildman–Crippen MR) is 102 cm³/mol. The van der Waals surface area contributed by atoms with Gasteiger partial charge in [0.15, 0.2) is 5.82 Å². The maximum atomic E-state index is 12.2. The zero-order chi connectivity index (χ0) is 18.5. The van der Waals surface area contributed by atoms with E-state index in [4.69, 9.17) is 11.6 Å². The summed E-state index contributed by atoms with van der Waals surface area (Å²) in [5.41, 5.74) is 0.739. The molecule has 2 N–H and O–H groups in total. The summed E-state index contributed by atoms with van der Waals surface area (Å²) in [5, 5.41) is 12.4. The van der Waals surface area contributed by atoms with Crippen molar-refractivity contribution >= 4 is 29.0 Å². The molecule has 0 atom stereocenters. The number of nitrogens with one attached hydrogen (secondary N) is 2. The number of carbonyl (C=O) groups is 1. The van der Waals surface area contributed by atoms with Gasteiger partial charge in [0.05, 0.1) is 11.4 Å². The number of rotatable bonds is 6. The van der Waals surface area contributed by atoms with Crippen molar-refractivity contribution in [1.29, 1.82) is 0 Å². The van der Waals surface area contributed by atoms with Gasteiger partial charge in [-0.05, 0) is 29.1 Å². The minimum atomic E-state index is -0.303. The van der Waals surface area contributed by atoms with E-state index >= 15 is 0 Å². The Balaban J connectivity index is 1.50. The van der Waals surface area contributed by atoms with Crippen molar-refractivity contribution in [3.63, 3.8) is 0 Å². The SMILES string of the molecule is Cn1c(-c2cccs2)nn(CCNC(=O)NCc2ccc(Cl)cc2)c1=O. The Morgan fingerprint density at radius 1 is 1.23 bits per heavy atom. The average molecular weight is 392 g/mol. The van der Waals surface area contributed by atoms with Crippen molar-refractivity contribution in [2.45, 2.75) is 13.1 Å².